The zero-order valence-corrected chi connectivity index (χ0v) is 17.6. The van der Waals surface area contributed by atoms with Gasteiger partial charge in [-0.1, -0.05) is 12.1 Å². The van der Waals surface area contributed by atoms with E-state index < -0.39 is 12.0 Å². The average Bonchev–Trinajstić information content (AvgIpc) is 2.73. The second-order valence-corrected chi connectivity index (χ2v) is 8.37. The molecule has 0 amide bonds. The molecule has 0 saturated heterocycles. The smallest absolute Gasteiger partial charge is 0.270 e. The van der Waals surface area contributed by atoms with E-state index in [0.717, 1.165) is 42.2 Å². The number of pyridine rings is 1. The van der Waals surface area contributed by atoms with E-state index in [0.29, 0.717) is 12.1 Å². The van der Waals surface area contributed by atoms with Crippen LogP contribution < -0.4 is 0 Å². The van der Waals surface area contributed by atoms with Gasteiger partial charge in [-0.05, 0) is 37.1 Å². The van der Waals surface area contributed by atoms with Crippen molar-refractivity contribution in [2.75, 3.05) is 19.0 Å². The van der Waals surface area contributed by atoms with Gasteiger partial charge < -0.3 is 14.6 Å². The molecule has 0 spiro atoms. The second-order valence-electron chi connectivity index (χ2n) is 7.24. The van der Waals surface area contributed by atoms with Crippen LogP contribution in [0.4, 0.5) is 8.78 Å². The van der Waals surface area contributed by atoms with Crippen molar-refractivity contribution in [3.8, 4) is 0 Å². The number of carbonyl (C=O) groups excluding carboxylic acids is 1. The molecule has 1 unspecified atom stereocenters. The van der Waals surface area contributed by atoms with E-state index in [2.05, 4.69) is 4.98 Å². The topological polar surface area (TPSA) is 68.7 Å². The fourth-order valence-electron chi connectivity index (χ4n) is 3.07. The third kappa shape index (κ3) is 5.92. The predicted molar refractivity (Wildman–Crippen MR) is 112 cm³/mol. The Morgan fingerprint density at radius 3 is 2.87 bits per heavy atom. The van der Waals surface area contributed by atoms with Gasteiger partial charge in [0.05, 0.1) is 25.2 Å². The highest BCUT2D eigenvalue weighted by atomic mass is 32.2. The van der Waals surface area contributed by atoms with Crippen LogP contribution in [0.15, 0.2) is 47.4 Å². The highest BCUT2D eigenvalue weighted by Crippen LogP contribution is 2.32. The van der Waals surface area contributed by atoms with Crippen LogP contribution in [0.25, 0.3) is 10.9 Å². The van der Waals surface area contributed by atoms with Crippen LogP contribution in [0.1, 0.15) is 38.2 Å². The minimum absolute atomic E-state index is 0.0338. The van der Waals surface area contributed by atoms with Crippen molar-refractivity contribution in [2.45, 2.75) is 49.5 Å². The van der Waals surface area contributed by atoms with Crippen molar-refractivity contribution in [1.29, 1.82) is 0 Å². The number of benzene rings is 1. The zero-order valence-electron chi connectivity index (χ0n) is 16.8. The summed E-state index contributed by atoms with van der Waals surface area (Å²) >= 11 is 1.67. The van der Waals surface area contributed by atoms with Gasteiger partial charge in [0.2, 0.25) is 5.78 Å². The first kappa shape index (κ1) is 22.5. The standard InChI is InChI=1S/C22H25F2NO4S/c1-22(23,24)15-5-6-17-18(11-15)25-8-7-21(17)30-10-4-2-3-9-28-20-14-29-16(13-26)12-19(20)27/h5-8,11,14,16,26H,2-4,9-10,12-13H2,1H3. The number of fused-ring (bicyclic) bond motifs is 1. The lowest BCUT2D eigenvalue weighted by molar-refractivity contribution is -0.124. The van der Waals surface area contributed by atoms with Gasteiger partial charge in [-0.2, -0.15) is 0 Å². The molecule has 5 nitrogen and oxygen atoms in total. The lowest BCUT2D eigenvalue weighted by Gasteiger charge is -2.20. The Balaban J connectivity index is 1.41. The summed E-state index contributed by atoms with van der Waals surface area (Å²) in [5.41, 5.74) is 0.539. The maximum Gasteiger partial charge on any atom is 0.270 e. The molecule has 2 aromatic rings. The first-order valence-corrected chi connectivity index (χ1v) is 10.9. The molecule has 0 aliphatic carbocycles. The van der Waals surface area contributed by atoms with Gasteiger partial charge in [0.1, 0.15) is 12.4 Å². The number of aromatic nitrogens is 1. The van der Waals surface area contributed by atoms with E-state index in [1.807, 2.05) is 6.07 Å². The quantitative estimate of drug-likeness (QED) is 0.425. The third-order valence-electron chi connectivity index (χ3n) is 4.77. The number of hydrogen-bond donors (Lipinski definition) is 1. The van der Waals surface area contributed by atoms with Crippen molar-refractivity contribution < 1.29 is 28.2 Å². The molecule has 162 valence electrons. The summed E-state index contributed by atoms with van der Waals surface area (Å²) in [6.45, 7) is 1.13. The Bertz CT molecular complexity index is 914. The van der Waals surface area contributed by atoms with Gasteiger partial charge in [0.15, 0.2) is 5.76 Å². The summed E-state index contributed by atoms with van der Waals surface area (Å²) in [7, 11) is 0. The minimum atomic E-state index is -2.88. The van der Waals surface area contributed by atoms with Crippen molar-refractivity contribution in [2.24, 2.45) is 0 Å². The molecule has 0 radical (unpaired) electrons. The lowest BCUT2D eigenvalue weighted by atomic mass is 10.1. The number of hydrogen-bond acceptors (Lipinski definition) is 6. The molecule has 1 N–H and O–H groups in total. The van der Waals surface area contributed by atoms with Gasteiger partial charge in [-0.3, -0.25) is 9.78 Å². The van der Waals surface area contributed by atoms with Crippen molar-refractivity contribution in [1.82, 2.24) is 4.98 Å². The number of nitrogens with zero attached hydrogens (tertiary/aromatic N) is 1. The summed E-state index contributed by atoms with van der Waals surface area (Å²) in [5.74, 6) is -1.93. The van der Waals surface area contributed by atoms with Crippen molar-refractivity contribution in [3.05, 3.63) is 48.0 Å². The van der Waals surface area contributed by atoms with E-state index in [1.54, 1.807) is 24.0 Å². The maximum absolute atomic E-state index is 13.5. The van der Waals surface area contributed by atoms with E-state index >= 15 is 0 Å². The molecule has 0 saturated carbocycles. The molecular weight excluding hydrogens is 412 g/mol. The SMILES string of the molecule is CC(F)(F)c1ccc2c(SCCCCCOC3=COC(CO)CC3=O)ccnc2c1. The first-order valence-electron chi connectivity index (χ1n) is 9.91. The van der Waals surface area contributed by atoms with E-state index in [9.17, 15) is 13.6 Å². The fraction of sp³-hybridized carbons (Fsp3) is 0.455. The van der Waals surface area contributed by atoms with Crippen LogP contribution in [0, 0.1) is 0 Å². The Morgan fingerprint density at radius 1 is 1.30 bits per heavy atom. The van der Waals surface area contributed by atoms with Crippen LogP contribution in [-0.2, 0) is 20.2 Å². The minimum Gasteiger partial charge on any atom is -0.491 e. The molecule has 0 bridgehead atoms. The van der Waals surface area contributed by atoms with Gasteiger partial charge in [-0.25, -0.2) is 8.78 Å². The average molecular weight is 438 g/mol. The molecule has 30 heavy (non-hydrogen) atoms. The molecule has 3 rings (SSSR count). The number of aliphatic hydroxyl groups excluding tert-OH is 1. The summed E-state index contributed by atoms with van der Waals surface area (Å²) in [5, 5.41) is 9.87. The number of unbranched alkanes of at least 4 members (excludes halogenated alkanes) is 2. The summed E-state index contributed by atoms with van der Waals surface area (Å²) < 4.78 is 37.7. The van der Waals surface area contributed by atoms with Gasteiger partial charge in [0, 0.05) is 29.0 Å². The van der Waals surface area contributed by atoms with Gasteiger partial charge >= 0.3 is 0 Å². The Labute approximate surface area is 178 Å². The monoisotopic (exact) mass is 437 g/mol. The number of alkyl halides is 2. The number of aliphatic hydroxyl groups is 1. The highest BCUT2D eigenvalue weighted by molar-refractivity contribution is 7.99. The van der Waals surface area contributed by atoms with E-state index in [-0.39, 0.29) is 30.1 Å². The molecule has 1 aromatic carbocycles. The van der Waals surface area contributed by atoms with Crippen LogP contribution >= 0.6 is 11.8 Å². The van der Waals surface area contributed by atoms with Crippen molar-refractivity contribution >= 4 is 28.4 Å². The number of ether oxygens (including phenoxy) is 2. The molecule has 1 aliphatic heterocycles. The number of carbonyl (C=O) groups is 1. The molecule has 8 heteroatoms. The third-order valence-corrected chi connectivity index (χ3v) is 5.93. The second kappa shape index (κ2) is 10.2. The molecule has 1 aliphatic rings. The van der Waals surface area contributed by atoms with Gasteiger partial charge in [0.25, 0.3) is 5.92 Å². The molecule has 2 heterocycles. The van der Waals surface area contributed by atoms with Crippen LogP contribution in [0.3, 0.4) is 0 Å². The fourth-order valence-corrected chi connectivity index (χ4v) is 4.12. The van der Waals surface area contributed by atoms with Gasteiger partial charge in [-0.15, -0.1) is 11.8 Å². The van der Waals surface area contributed by atoms with E-state index in [1.165, 1.54) is 18.4 Å². The van der Waals surface area contributed by atoms with Crippen molar-refractivity contribution in [3.63, 3.8) is 0 Å². The van der Waals surface area contributed by atoms with Crippen LogP contribution in [0.2, 0.25) is 0 Å². The molecule has 0 fully saturated rings. The number of halogens is 2. The maximum atomic E-state index is 13.5. The summed E-state index contributed by atoms with van der Waals surface area (Å²) in [4.78, 5) is 17.1. The summed E-state index contributed by atoms with van der Waals surface area (Å²) in [6, 6.07) is 6.52. The molecule has 1 atom stereocenters. The first-order chi connectivity index (χ1) is 14.4. The molecule has 1 aromatic heterocycles. The van der Waals surface area contributed by atoms with Crippen LogP contribution in [-0.4, -0.2) is 40.9 Å². The largest absolute Gasteiger partial charge is 0.491 e. The Hall–Kier alpha value is -2.19. The number of thioether (sulfide) groups is 1. The Morgan fingerprint density at radius 2 is 2.13 bits per heavy atom. The zero-order chi connectivity index (χ0) is 21.6. The highest BCUT2D eigenvalue weighted by Gasteiger charge is 2.25. The summed E-state index contributed by atoms with van der Waals surface area (Å²) in [6.07, 6.45) is 5.29. The van der Waals surface area contributed by atoms with Crippen LogP contribution in [0.5, 0.6) is 0 Å². The number of rotatable bonds is 10. The predicted octanol–water partition coefficient (Wildman–Crippen LogP) is 4.82. The van der Waals surface area contributed by atoms with E-state index in [4.69, 9.17) is 14.6 Å². The number of Topliss-reactive ketones (excluding diaryl/α,β-unsaturated/α-hetero) is 1. The Kier molecular flexibility index (Phi) is 7.66. The normalized spacial score (nSPS) is 17.0. The number of allylic oxidation sites excluding steroid dienone is 1. The number of ketones is 1. The molecular formula is C22H25F2NO4S. The lowest BCUT2D eigenvalue weighted by Crippen LogP contribution is -2.26.